The monoisotopic (exact) mass is 437 g/mol. The normalized spacial score (nSPS) is 12.4. The van der Waals surface area contributed by atoms with Gasteiger partial charge in [0.2, 0.25) is 0 Å². The first-order chi connectivity index (χ1) is 13.1. The molecule has 2 rings (SSSR count). The van der Waals surface area contributed by atoms with Gasteiger partial charge in [0.05, 0.1) is 10.6 Å². The van der Waals surface area contributed by atoms with Crippen LogP contribution in [0.2, 0.25) is 10.0 Å². The van der Waals surface area contributed by atoms with Gasteiger partial charge in [-0.3, -0.25) is 4.79 Å². The van der Waals surface area contributed by atoms with E-state index in [4.69, 9.17) is 32.7 Å². The first-order valence-corrected chi connectivity index (χ1v) is 8.73. The van der Waals surface area contributed by atoms with Crippen molar-refractivity contribution in [2.24, 2.45) is 0 Å². The lowest BCUT2D eigenvalue weighted by molar-refractivity contribution is -0.137. The van der Waals surface area contributed by atoms with Gasteiger partial charge < -0.3 is 19.9 Å². The summed E-state index contributed by atoms with van der Waals surface area (Å²) < 4.78 is 48.3. The number of aliphatic hydroxyl groups is 1. The Morgan fingerprint density at radius 3 is 2.61 bits per heavy atom. The molecule has 0 aliphatic carbocycles. The van der Waals surface area contributed by atoms with Gasteiger partial charge in [-0.2, -0.15) is 13.2 Å². The molecule has 0 aromatic heterocycles. The minimum Gasteiger partial charge on any atom is -0.491 e. The Balaban J connectivity index is 1.74. The second-order valence-corrected chi connectivity index (χ2v) is 6.50. The summed E-state index contributed by atoms with van der Waals surface area (Å²) in [6.07, 6.45) is -5.62. The molecule has 10 heteroatoms. The van der Waals surface area contributed by atoms with Crippen molar-refractivity contribution in [3.63, 3.8) is 0 Å². The largest absolute Gasteiger partial charge is 0.491 e. The molecule has 0 aliphatic heterocycles. The molecule has 2 N–H and O–H groups in total. The summed E-state index contributed by atoms with van der Waals surface area (Å²) in [5.41, 5.74) is -0.857. The highest BCUT2D eigenvalue weighted by molar-refractivity contribution is 6.34. The van der Waals surface area contributed by atoms with Gasteiger partial charge in [0.1, 0.15) is 24.2 Å². The second kappa shape index (κ2) is 9.86. The van der Waals surface area contributed by atoms with Gasteiger partial charge in [0.25, 0.3) is 5.91 Å². The zero-order chi connectivity index (χ0) is 20.7. The van der Waals surface area contributed by atoms with E-state index in [-0.39, 0.29) is 36.3 Å². The van der Waals surface area contributed by atoms with Gasteiger partial charge in [0.15, 0.2) is 6.61 Å². The number of hydrogen-bond acceptors (Lipinski definition) is 4. The number of alkyl halides is 3. The van der Waals surface area contributed by atoms with E-state index < -0.39 is 23.8 Å². The third kappa shape index (κ3) is 7.10. The van der Waals surface area contributed by atoms with E-state index >= 15 is 0 Å². The Labute approximate surface area is 169 Å². The molecule has 0 bridgehead atoms. The summed E-state index contributed by atoms with van der Waals surface area (Å²) in [4.78, 5) is 11.8. The lowest BCUT2D eigenvalue weighted by Gasteiger charge is -2.15. The number of carbonyl (C=O) groups is 1. The standard InChI is InChI=1S/C18H16Cl2F3NO4/c19-12-4-5-15(20)16(7-12)28-10-17(26)24-8-13(25)9-27-14-3-1-2-11(6-14)18(21,22)23/h1-7,13,25H,8-10H2,(H,24,26)/t13-/m0/s1. The lowest BCUT2D eigenvalue weighted by atomic mass is 10.2. The minimum absolute atomic E-state index is 0.0425. The fourth-order valence-corrected chi connectivity index (χ4v) is 2.36. The highest BCUT2D eigenvalue weighted by atomic mass is 35.5. The molecule has 5 nitrogen and oxygen atoms in total. The second-order valence-electron chi connectivity index (χ2n) is 5.66. The molecular formula is C18H16Cl2F3NO4. The lowest BCUT2D eigenvalue weighted by Crippen LogP contribution is -2.37. The molecule has 152 valence electrons. The van der Waals surface area contributed by atoms with Crippen LogP contribution in [-0.2, 0) is 11.0 Å². The van der Waals surface area contributed by atoms with Crippen LogP contribution in [0.4, 0.5) is 13.2 Å². The van der Waals surface area contributed by atoms with E-state index in [1.165, 1.54) is 24.3 Å². The Bertz CT molecular complexity index is 818. The maximum atomic E-state index is 12.6. The fourth-order valence-electron chi connectivity index (χ4n) is 2.03. The van der Waals surface area contributed by atoms with E-state index in [1.807, 2.05) is 0 Å². The van der Waals surface area contributed by atoms with Crippen LogP contribution in [0.15, 0.2) is 42.5 Å². The van der Waals surface area contributed by atoms with Crippen molar-refractivity contribution in [2.75, 3.05) is 19.8 Å². The number of amides is 1. The molecule has 0 fully saturated rings. The number of ether oxygens (including phenoxy) is 2. The van der Waals surface area contributed by atoms with Gasteiger partial charge in [-0.15, -0.1) is 0 Å². The molecule has 0 aliphatic rings. The quantitative estimate of drug-likeness (QED) is 0.655. The third-order valence-electron chi connectivity index (χ3n) is 3.39. The zero-order valence-electron chi connectivity index (χ0n) is 14.3. The predicted octanol–water partition coefficient (Wildman–Crippen LogP) is 3.95. The molecule has 2 aromatic rings. The summed E-state index contributed by atoms with van der Waals surface area (Å²) in [6.45, 7) is -0.839. The Morgan fingerprint density at radius 1 is 1.14 bits per heavy atom. The number of aliphatic hydroxyl groups excluding tert-OH is 1. The van der Waals surface area contributed by atoms with Gasteiger partial charge in [-0.25, -0.2) is 0 Å². The van der Waals surface area contributed by atoms with Crippen molar-refractivity contribution in [2.45, 2.75) is 12.3 Å². The van der Waals surface area contributed by atoms with Crippen molar-refractivity contribution in [3.8, 4) is 11.5 Å². The SMILES string of the molecule is O=C(COc1cc(Cl)ccc1Cl)NC[C@H](O)COc1cccc(C(F)(F)F)c1. The first-order valence-electron chi connectivity index (χ1n) is 7.98. The van der Waals surface area contributed by atoms with Crippen LogP contribution in [0.3, 0.4) is 0 Å². The Morgan fingerprint density at radius 2 is 1.89 bits per heavy atom. The smallest absolute Gasteiger partial charge is 0.416 e. The van der Waals surface area contributed by atoms with Gasteiger partial charge in [-0.1, -0.05) is 29.3 Å². The van der Waals surface area contributed by atoms with Crippen LogP contribution in [0.25, 0.3) is 0 Å². The highest BCUT2D eigenvalue weighted by Crippen LogP contribution is 2.31. The molecule has 0 spiro atoms. The van der Waals surface area contributed by atoms with Crippen LogP contribution >= 0.6 is 23.2 Å². The summed E-state index contributed by atoms with van der Waals surface area (Å²) in [5, 5.41) is 12.9. The van der Waals surface area contributed by atoms with Crippen LogP contribution in [0.5, 0.6) is 11.5 Å². The number of hydrogen-bond donors (Lipinski definition) is 2. The molecule has 0 heterocycles. The molecule has 0 radical (unpaired) electrons. The van der Waals surface area contributed by atoms with Crippen molar-refractivity contribution in [1.29, 1.82) is 0 Å². The van der Waals surface area contributed by atoms with Crippen molar-refractivity contribution >= 4 is 29.1 Å². The van der Waals surface area contributed by atoms with Crippen molar-refractivity contribution < 1.29 is 32.5 Å². The molecule has 0 saturated carbocycles. The summed E-state index contributed by atoms with van der Waals surface area (Å²) in [5.74, 6) is -0.342. The summed E-state index contributed by atoms with van der Waals surface area (Å²) in [6, 6.07) is 8.82. The predicted molar refractivity (Wildman–Crippen MR) is 97.9 cm³/mol. The van der Waals surface area contributed by atoms with Crippen LogP contribution < -0.4 is 14.8 Å². The number of nitrogens with one attached hydrogen (secondary N) is 1. The summed E-state index contributed by atoms with van der Waals surface area (Å²) >= 11 is 11.7. The van der Waals surface area contributed by atoms with Crippen molar-refractivity contribution in [3.05, 3.63) is 58.1 Å². The third-order valence-corrected chi connectivity index (χ3v) is 3.94. The maximum Gasteiger partial charge on any atom is 0.416 e. The number of rotatable bonds is 8. The molecule has 28 heavy (non-hydrogen) atoms. The van der Waals surface area contributed by atoms with Crippen LogP contribution in [0.1, 0.15) is 5.56 Å². The average molecular weight is 438 g/mol. The van der Waals surface area contributed by atoms with E-state index in [0.29, 0.717) is 5.02 Å². The van der Waals surface area contributed by atoms with Gasteiger partial charge in [-0.05, 0) is 30.3 Å². The van der Waals surface area contributed by atoms with E-state index in [0.717, 1.165) is 12.1 Å². The van der Waals surface area contributed by atoms with E-state index in [2.05, 4.69) is 5.32 Å². The molecule has 2 aromatic carbocycles. The van der Waals surface area contributed by atoms with Crippen LogP contribution in [0, 0.1) is 0 Å². The number of carbonyl (C=O) groups excluding carboxylic acids is 1. The van der Waals surface area contributed by atoms with Gasteiger partial charge >= 0.3 is 6.18 Å². The summed E-state index contributed by atoms with van der Waals surface area (Å²) in [7, 11) is 0. The van der Waals surface area contributed by atoms with Crippen molar-refractivity contribution in [1.82, 2.24) is 5.32 Å². The molecular weight excluding hydrogens is 422 g/mol. The van der Waals surface area contributed by atoms with E-state index in [1.54, 1.807) is 6.07 Å². The molecule has 1 amide bonds. The number of halogens is 5. The minimum atomic E-state index is -4.49. The first kappa shape index (κ1) is 22.1. The topological polar surface area (TPSA) is 67.8 Å². The van der Waals surface area contributed by atoms with E-state index in [9.17, 15) is 23.1 Å². The average Bonchev–Trinajstić information content (AvgIpc) is 2.65. The number of benzene rings is 2. The molecule has 0 saturated heterocycles. The van der Waals surface area contributed by atoms with Gasteiger partial charge in [0, 0.05) is 17.6 Å². The molecule has 1 atom stereocenters. The highest BCUT2D eigenvalue weighted by Gasteiger charge is 2.30. The zero-order valence-corrected chi connectivity index (χ0v) is 15.8. The molecule has 0 unspecified atom stereocenters. The fraction of sp³-hybridized carbons (Fsp3) is 0.278. The Kier molecular flexibility index (Phi) is 7.79. The van der Waals surface area contributed by atoms with Crippen LogP contribution in [-0.4, -0.2) is 36.9 Å². The maximum absolute atomic E-state index is 12.6. The Hall–Kier alpha value is -2.16.